The smallest absolute Gasteiger partial charge is 0.251 e. The summed E-state index contributed by atoms with van der Waals surface area (Å²) in [4.78, 5) is 12.8. The molecule has 5 rings (SSSR count). The lowest BCUT2D eigenvalue weighted by Gasteiger charge is -2.12. The van der Waals surface area contributed by atoms with Crippen molar-refractivity contribution in [2.75, 3.05) is 0 Å². The predicted molar refractivity (Wildman–Crippen MR) is 147 cm³/mol. The summed E-state index contributed by atoms with van der Waals surface area (Å²) in [6.45, 7) is 3.15. The van der Waals surface area contributed by atoms with Gasteiger partial charge in [0.05, 0.1) is 0 Å². The van der Waals surface area contributed by atoms with Gasteiger partial charge in [-0.15, -0.1) is 0 Å². The number of fused-ring (bicyclic) bond motifs is 3. The molecule has 180 valence electrons. The van der Waals surface area contributed by atoms with Crippen molar-refractivity contribution in [3.8, 4) is 0 Å². The zero-order chi connectivity index (χ0) is 25.2. The molecule has 0 saturated heterocycles. The first-order chi connectivity index (χ1) is 17.4. The average Bonchev–Trinajstić information content (AvgIpc) is 3.21. The summed E-state index contributed by atoms with van der Waals surface area (Å²) < 4.78 is 2.28. The highest BCUT2D eigenvalue weighted by Crippen LogP contribution is 2.31. The molecule has 1 aromatic heterocycles. The molecule has 1 heterocycles. The second-order valence-corrected chi connectivity index (χ2v) is 9.24. The zero-order valence-corrected chi connectivity index (χ0v) is 20.6. The van der Waals surface area contributed by atoms with E-state index in [-0.39, 0.29) is 5.91 Å². The highest BCUT2D eigenvalue weighted by atomic mass is 35.5. The van der Waals surface area contributed by atoms with Crippen molar-refractivity contribution in [2.24, 2.45) is 16.7 Å². The molecular weight excluding hydrogens is 470 g/mol. The van der Waals surface area contributed by atoms with E-state index in [2.05, 4.69) is 33.2 Å². The molecule has 0 atom stereocenters. The van der Waals surface area contributed by atoms with Gasteiger partial charge in [0.1, 0.15) is 5.84 Å². The second kappa shape index (κ2) is 9.76. The molecule has 0 spiro atoms. The van der Waals surface area contributed by atoms with Crippen LogP contribution in [0.1, 0.15) is 32.6 Å². The number of carbonyl (C=O) groups excluding carboxylic acids is 1. The Balaban J connectivity index is 1.43. The number of amides is 1. The molecule has 0 bridgehead atoms. The lowest BCUT2D eigenvalue weighted by molar-refractivity contribution is 0.0951. The molecule has 4 aromatic carbocycles. The van der Waals surface area contributed by atoms with Crippen LogP contribution in [0.5, 0.6) is 0 Å². The van der Waals surface area contributed by atoms with Crippen LogP contribution in [0.3, 0.4) is 0 Å². The van der Waals surface area contributed by atoms with E-state index in [0.29, 0.717) is 29.5 Å². The monoisotopic (exact) mass is 495 g/mol. The molecule has 0 aliphatic carbocycles. The van der Waals surface area contributed by atoms with E-state index < -0.39 is 0 Å². The summed E-state index contributed by atoms with van der Waals surface area (Å²) in [5.41, 5.74) is 12.8. The first-order valence-electron chi connectivity index (χ1n) is 11.6. The van der Waals surface area contributed by atoms with Crippen LogP contribution in [0.25, 0.3) is 21.8 Å². The fourth-order valence-electron chi connectivity index (χ4n) is 4.53. The SMILES string of the molecule is Cc1cc(C(=O)NCc2ccc(Cl)cc2)ccc1Cn1c2ccccc2c2cc(/C(N)=N/N)ccc21. The van der Waals surface area contributed by atoms with E-state index in [1.165, 1.54) is 0 Å². The van der Waals surface area contributed by atoms with E-state index in [1.54, 1.807) is 0 Å². The third-order valence-corrected chi connectivity index (χ3v) is 6.76. The normalized spacial score (nSPS) is 11.8. The van der Waals surface area contributed by atoms with E-state index >= 15 is 0 Å². The number of aryl methyl sites for hydroxylation is 1. The minimum absolute atomic E-state index is 0.108. The van der Waals surface area contributed by atoms with Gasteiger partial charge >= 0.3 is 0 Å². The molecule has 36 heavy (non-hydrogen) atoms. The van der Waals surface area contributed by atoms with Gasteiger partial charge < -0.3 is 21.5 Å². The fraction of sp³-hybridized carbons (Fsp3) is 0.103. The third-order valence-electron chi connectivity index (χ3n) is 6.51. The number of nitrogens with two attached hydrogens (primary N) is 2. The van der Waals surface area contributed by atoms with Gasteiger partial charge in [-0.25, -0.2) is 0 Å². The quantitative estimate of drug-likeness (QED) is 0.129. The number of hydrazone groups is 1. The Morgan fingerprint density at radius 1 is 0.917 bits per heavy atom. The van der Waals surface area contributed by atoms with Crippen LogP contribution >= 0.6 is 11.6 Å². The molecule has 5 N–H and O–H groups in total. The van der Waals surface area contributed by atoms with Crippen molar-refractivity contribution in [1.29, 1.82) is 0 Å². The molecular formula is C29H26ClN5O. The number of nitrogens with one attached hydrogen (secondary N) is 1. The van der Waals surface area contributed by atoms with Crippen molar-refractivity contribution in [3.63, 3.8) is 0 Å². The fourth-order valence-corrected chi connectivity index (χ4v) is 4.66. The molecule has 0 aliphatic heterocycles. The number of para-hydroxylation sites is 1. The molecule has 5 aromatic rings. The minimum atomic E-state index is -0.108. The van der Waals surface area contributed by atoms with E-state index in [4.69, 9.17) is 23.2 Å². The van der Waals surface area contributed by atoms with E-state index in [9.17, 15) is 4.79 Å². The van der Waals surface area contributed by atoms with Gasteiger partial charge in [0, 0.05) is 51.0 Å². The summed E-state index contributed by atoms with van der Waals surface area (Å²) in [7, 11) is 0. The van der Waals surface area contributed by atoms with Crippen molar-refractivity contribution in [2.45, 2.75) is 20.0 Å². The maximum Gasteiger partial charge on any atom is 0.251 e. The number of hydrogen-bond donors (Lipinski definition) is 3. The Morgan fingerprint density at radius 3 is 2.39 bits per heavy atom. The van der Waals surface area contributed by atoms with Gasteiger partial charge in [-0.1, -0.05) is 48.0 Å². The Kier molecular flexibility index (Phi) is 6.36. The summed E-state index contributed by atoms with van der Waals surface area (Å²) in [6, 6.07) is 27.6. The van der Waals surface area contributed by atoms with Crippen molar-refractivity contribution in [1.82, 2.24) is 9.88 Å². The Labute approximate surface area is 214 Å². The van der Waals surface area contributed by atoms with Crippen LogP contribution in [-0.2, 0) is 13.1 Å². The summed E-state index contributed by atoms with van der Waals surface area (Å²) in [5.74, 6) is 5.59. The third kappa shape index (κ3) is 4.51. The van der Waals surface area contributed by atoms with E-state index in [0.717, 1.165) is 44.1 Å². The average molecular weight is 496 g/mol. The van der Waals surface area contributed by atoms with Gasteiger partial charge in [-0.3, -0.25) is 4.79 Å². The number of hydrogen-bond acceptors (Lipinski definition) is 3. The first kappa shape index (κ1) is 23.5. The Bertz CT molecular complexity index is 1620. The number of carbonyl (C=O) groups is 1. The topological polar surface area (TPSA) is 98.4 Å². The largest absolute Gasteiger partial charge is 0.382 e. The molecule has 1 amide bonds. The van der Waals surface area contributed by atoms with Crippen molar-refractivity contribution >= 4 is 45.1 Å². The van der Waals surface area contributed by atoms with Gasteiger partial charge in [0.15, 0.2) is 0 Å². The number of halogens is 1. The lowest BCUT2D eigenvalue weighted by atomic mass is 10.0. The molecule has 0 unspecified atom stereocenters. The summed E-state index contributed by atoms with van der Waals surface area (Å²) in [6.07, 6.45) is 0. The lowest BCUT2D eigenvalue weighted by Crippen LogP contribution is -2.23. The van der Waals surface area contributed by atoms with Gasteiger partial charge in [0.25, 0.3) is 5.91 Å². The molecule has 0 fully saturated rings. The number of rotatable bonds is 6. The summed E-state index contributed by atoms with van der Waals surface area (Å²) in [5, 5.41) is 9.51. The highest BCUT2D eigenvalue weighted by molar-refractivity contribution is 6.30. The maximum atomic E-state index is 12.8. The standard InChI is InChI=1S/C29H26ClN5O/c1-18-14-21(29(36)33-16-19-6-11-23(30)12-7-19)8-9-22(18)17-35-26-5-3-2-4-24(26)25-15-20(28(31)34-32)10-13-27(25)35/h2-15H,16-17,32H2,1H3,(H2,31,34)(H,33,36). The summed E-state index contributed by atoms with van der Waals surface area (Å²) >= 11 is 5.94. The first-order valence-corrected chi connectivity index (χ1v) is 12.0. The van der Waals surface area contributed by atoms with Crippen LogP contribution < -0.4 is 16.9 Å². The zero-order valence-electron chi connectivity index (χ0n) is 19.8. The molecule has 0 aliphatic rings. The molecule has 0 radical (unpaired) electrons. The number of aromatic nitrogens is 1. The number of nitrogens with zero attached hydrogens (tertiary/aromatic N) is 2. The van der Waals surface area contributed by atoms with E-state index in [1.807, 2.05) is 73.7 Å². The highest BCUT2D eigenvalue weighted by Gasteiger charge is 2.14. The van der Waals surface area contributed by atoms with Crippen molar-refractivity contribution < 1.29 is 4.79 Å². The Hall–Kier alpha value is -4.29. The van der Waals surface area contributed by atoms with Gasteiger partial charge in [-0.2, -0.15) is 5.10 Å². The van der Waals surface area contributed by atoms with Crippen LogP contribution in [0.4, 0.5) is 0 Å². The van der Waals surface area contributed by atoms with Gasteiger partial charge in [-0.05, 0) is 72.1 Å². The van der Waals surface area contributed by atoms with Crippen LogP contribution in [-0.4, -0.2) is 16.3 Å². The van der Waals surface area contributed by atoms with Crippen LogP contribution in [0.15, 0.2) is 90.0 Å². The van der Waals surface area contributed by atoms with Crippen LogP contribution in [0.2, 0.25) is 5.02 Å². The van der Waals surface area contributed by atoms with Crippen LogP contribution in [0, 0.1) is 6.92 Å². The minimum Gasteiger partial charge on any atom is -0.382 e. The van der Waals surface area contributed by atoms with Crippen molar-refractivity contribution in [3.05, 3.63) is 118 Å². The second-order valence-electron chi connectivity index (χ2n) is 8.80. The molecule has 6 nitrogen and oxygen atoms in total. The predicted octanol–water partition coefficient (Wildman–Crippen LogP) is 5.31. The van der Waals surface area contributed by atoms with Gasteiger partial charge in [0.2, 0.25) is 0 Å². The number of amidine groups is 1. The maximum absolute atomic E-state index is 12.8. The molecule has 0 saturated carbocycles. The Morgan fingerprint density at radius 2 is 1.64 bits per heavy atom. The molecule has 7 heteroatoms. The number of benzene rings is 4.